The maximum absolute atomic E-state index is 11.1. The molecule has 0 aliphatic rings. The zero-order valence-corrected chi connectivity index (χ0v) is 5.58. The van der Waals surface area contributed by atoms with Crippen LogP contribution in [0.4, 0.5) is 13.2 Å². The van der Waals surface area contributed by atoms with E-state index in [0.29, 0.717) is 7.11 Å². The molecule has 0 atom stereocenters. The van der Waals surface area contributed by atoms with Gasteiger partial charge < -0.3 is 0 Å². The lowest BCUT2D eigenvalue weighted by molar-refractivity contribution is -0.0526. The monoisotopic (exact) mass is 175 g/mol. The SMILES string of the molecule is COS(=O)(=O)C(F)(F)F.[11C]. The summed E-state index contributed by atoms with van der Waals surface area (Å²) >= 11 is 0. The van der Waals surface area contributed by atoms with Crippen molar-refractivity contribution in [1.82, 2.24) is 0 Å². The second-order valence-electron chi connectivity index (χ2n) is 1.07. The predicted octanol–water partition coefficient (Wildman–Crippen LogP) is 0.564. The van der Waals surface area contributed by atoms with E-state index in [2.05, 4.69) is 4.18 Å². The third kappa shape index (κ3) is 2.53. The van der Waals surface area contributed by atoms with Gasteiger partial charge in [-0.15, -0.1) is 0 Å². The van der Waals surface area contributed by atoms with Crippen molar-refractivity contribution in [3.63, 3.8) is 0 Å². The topological polar surface area (TPSA) is 43.4 Å². The largest absolute Gasteiger partial charge is 0.523 e. The van der Waals surface area contributed by atoms with E-state index in [-0.39, 0.29) is 7.43 Å². The minimum absolute atomic E-state index is 0. The molecule has 0 aromatic rings. The van der Waals surface area contributed by atoms with Gasteiger partial charge in [0, 0.05) is 7.43 Å². The molecule has 4 radical (unpaired) electrons. The molecule has 0 fully saturated rings. The van der Waals surface area contributed by atoms with Crippen LogP contribution in [0.25, 0.3) is 0 Å². The van der Waals surface area contributed by atoms with Crippen LogP contribution in [-0.4, -0.2) is 21.0 Å². The molecule has 0 rings (SSSR count). The minimum atomic E-state index is -5.34. The van der Waals surface area contributed by atoms with Crippen molar-refractivity contribution < 1.29 is 25.8 Å². The van der Waals surface area contributed by atoms with Gasteiger partial charge >= 0.3 is 15.6 Å². The molecule has 0 aromatic carbocycles. The maximum atomic E-state index is 11.1. The van der Waals surface area contributed by atoms with E-state index in [1.807, 2.05) is 0 Å². The number of hydrogen-bond acceptors (Lipinski definition) is 3. The highest BCUT2D eigenvalue weighted by Gasteiger charge is 2.46. The fourth-order valence-electron chi connectivity index (χ4n) is 0.0945. The molecule has 0 bridgehead atoms. The van der Waals surface area contributed by atoms with Crippen LogP contribution >= 0.6 is 0 Å². The van der Waals surface area contributed by atoms with Gasteiger partial charge in [-0.25, -0.2) is 0 Å². The van der Waals surface area contributed by atoms with E-state index >= 15 is 0 Å². The van der Waals surface area contributed by atoms with Crippen molar-refractivity contribution in [2.75, 3.05) is 7.11 Å². The van der Waals surface area contributed by atoms with Gasteiger partial charge in [0.25, 0.3) is 0 Å². The average molecular weight is 175 g/mol. The van der Waals surface area contributed by atoms with Gasteiger partial charge in [0.2, 0.25) is 0 Å². The van der Waals surface area contributed by atoms with Gasteiger partial charge in [-0.05, 0) is 0 Å². The molecule has 0 N–H and O–H groups in total. The van der Waals surface area contributed by atoms with Crippen LogP contribution in [-0.2, 0) is 14.3 Å². The van der Waals surface area contributed by atoms with E-state index in [0.717, 1.165) is 0 Å². The van der Waals surface area contributed by atoms with E-state index in [4.69, 9.17) is 0 Å². The van der Waals surface area contributed by atoms with Gasteiger partial charge in [0.15, 0.2) is 0 Å². The number of rotatable bonds is 1. The first-order valence-electron chi connectivity index (χ1n) is 1.68. The van der Waals surface area contributed by atoms with Crippen molar-refractivity contribution in [3.8, 4) is 0 Å². The highest BCUT2D eigenvalue weighted by Crippen LogP contribution is 2.23. The molecule has 0 aromatic heterocycles. The summed E-state index contributed by atoms with van der Waals surface area (Å²) in [5.41, 5.74) is -5.30. The molecule has 0 saturated carbocycles. The maximum Gasteiger partial charge on any atom is 0.523 e. The highest BCUT2D eigenvalue weighted by atomic mass is 32.2. The van der Waals surface area contributed by atoms with Gasteiger partial charge in [0.05, 0.1) is 7.11 Å². The Labute approximate surface area is 56.9 Å². The molecule has 0 aliphatic carbocycles. The van der Waals surface area contributed by atoms with Gasteiger partial charge in [-0.2, -0.15) is 21.6 Å². The van der Waals surface area contributed by atoms with E-state index in [9.17, 15) is 21.6 Å². The van der Waals surface area contributed by atoms with Crippen LogP contribution in [0, 0.1) is 7.43 Å². The molecule has 0 heterocycles. The van der Waals surface area contributed by atoms with Crippen LogP contribution in [0.1, 0.15) is 0 Å². The standard InChI is InChI=1S/C2H3F3O3S.C/c1-8-9(6,7)2(3,4)5;/h1H3;/i;1-1. The molecular weight excluding hydrogens is 172 g/mol. The molecule has 0 saturated heterocycles. The Morgan fingerprint density at radius 3 is 1.60 bits per heavy atom. The summed E-state index contributed by atoms with van der Waals surface area (Å²) in [4.78, 5) is 0. The summed E-state index contributed by atoms with van der Waals surface area (Å²) in [5, 5.41) is 0. The summed E-state index contributed by atoms with van der Waals surface area (Å²) in [6, 6.07) is 0. The lowest BCUT2D eigenvalue weighted by Crippen LogP contribution is -2.23. The van der Waals surface area contributed by atoms with E-state index < -0.39 is 15.6 Å². The first-order chi connectivity index (χ1) is 3.81. The van der Waals surface area contributed by atoms with Gasteiger partial charge in [-0.1, -0.05) is 0 Å². The molecule has 60 valence electrons. The van der Waals surface area contributed by atoms with Crippen LogP contribution in [0.15, 0.2) is 0 Å². The van der Waals surface area contributed by atoms with Crippen molar-refractivity contribution in [2.24, 2.45) is 0 Å². The van der Waals surface area contributed by atoms with Crippen molar-refractivity contribution in [3.05, 3.63) is 7.43 Å². The van der Waals surface area contributed by atoms with E-state index in [1.165, 1.54) is 0 Å². The Morgan fingerprint density at radius 1 is 1.30 bits per heavy atom. The number of alkyl halides is 3. The Balaban J connectivity index is 0. The average Bonchev–Trinajstić information content (AvgIpc) is 1.64. The van der Waals surface area contributed by atoms with Crippen molar-refractivity contribution >= 4 is 10.1 Å². The fourth-order valence-corrected chi connectivity index (χ4v) is 0.283. The quantitative estimate of drug-likeness (QED) is 0.432. The molecule has 3 nitrogen and oxygen atoms in total. The fraction of sp³-hybridized carbons (Fsp3) is 0.667. The second-order valence-corrected chi connectivity index (χ2v) is 2.77. The molecular formula is C3H3F3O3S. The number of halogens is 3. The number of hydrogen-bond donors (Lipinski definition) is 0. The minimum Gasteiger partial charge on any atom is -0.267 e. The third-order valence-electron chi connectivity index (χ3n) is 0.503. The van der Waals surface area contributed by atoms with Crippen molar-refractivity contribution in [1.29, 1.82) is 0 Å². The van der Waals surface area contributed by atoms with Crippen LogP contribution in [0.5, 0.6) is 0 Å². The Kier molecular flexibility index (Phi) is 3.96. The zero-order chi connectivity index (χ0) is 7.71. The first-order valence-corrected chi connectivity index (χ1v) is 3.09. The normalized spacial score (nSPS) is 12.4. The third-order valence-corrected chi connectivity index (χ3v) is 1.51. The molecule has 0 unspecified atom stereocenters. The summed E-state index contributed by atoms with van der Waals surface area (Å²) in [6.07, 6.45) is 0. The Bertz CT molecular complexity index is 180. The smallest absolute Gasteiger partial charge is 0.267 e. The van der Waals surface area contributed by atoms with Crippen LogP contribution in [0.3, 0.4) is 0 Å². The predicted molar refractivity (Wildman–Crippen MR) is 25.2 cm³/mol. The van der Waals surface area contributed by atoms with Crippen LogP contribution in [0.2, 0.25) is 0 Å². The first kappa shape index (κ1) is 12.4. The summed E-state index contributed by atoms with van der Waals surface area (Å²) in [7, 11) is -4.89. The Hall–Kier alpha value is -0.300. The summed E-state index contributed by atoms with van der Waals surface area (Å²) in [6.45, 7) is 0. The van der Waals surface area contributed by atoms with Gasteiger partial charge in [0.1, 0.15) is 0 Å². The second kappa shape index (κ2) is 3.20. The molecule has 7 heteroatoms. The Morgan fingerprint density at radius 2 is 1.60 bits per heavy atom. The van der Waals surface area contributed by atoms with Gasteiger partial charge in [-0.3, -0.25) is 4.18 Å². The molecule has 10 heavy (non-hydrogen) atoms. The van der Waals surface area contributed by atoms with Crippen LogP contribution < -0.4 is 0 Å². The lowest BCUT2D eigenvalue weighted by Gasteiger charge is -2.02. The van der Waals surface area contributed by atoms with Crippen molar-refractivity contribution in [2.45, 2.75) is 5.51 Å². The van der Waals surface area contributed by atoms with E-state index in [1.54, 1.807) is 0 Å². The molecule has 0 spiro atoms. The zero-order valence-electron chi connectivity index (χ0n) is 4.77. The molecule has 0 amide bonds. The summed E-state index contributed by atoms with van der Waals surface area (Å²) < 4.78 is 55.9. The molecule has 0 aliphatic heterocycles. The highest BCUT2D eigenvalue weighted by molar-refractivity contribution is 7.87. The lowest BCUT2D eigenvalue weighted by atomic mass is 11.0. The summed E-state index contributed by atoms with van der Waals surface area (Å²) in [5.74, 6) is 0.